The molecule has 0 saturated carbocycles. The van der Waals surface area contributed by atoms with Crippen LogP contribution in [0.1, 0.15) is 5.56 Å². The quantitative estimate of drug-likeness (QED) is 0.0612. The molecule has 0 aliphatic rings. The van der Waals surface area contributed by atoms with Crippen molar-refractivity contribution in [1.82, 2.24) is 15.0 Å². The van der Waals surface area contributed by atoms with E-state index < -0.39 is 34.6 Å². The van der Waals surface area contributed by atoms with Gasteiger partial charge in [0.25, 0.3) is 0 Å². The molecule has 8 rings (SSSR count). The van der Waals surface area contributed by atoms with Gasteiger partial charge in [0.1, 0.15) is 0 Å². The first kappa shape index (κ1) is 31.2. The first-order valence-electron chi connectivity index (χ1n) is 15.4. The van der Waals surface area contributed by atoms with Crippen molar-refractivity contribution in [2.24, 2.45) is 0 Å². The third-order valence-corrected chi connectivity index (χ3v) is 8.71. The molecular formula is C41H18F5N5. The Kier molecular flexibility index (Phi) is 7.43. The summed E-state index contributed by atoms with van der Waals surface area (Å²) in [7, 11) is 0. The summed E-state index contributed by atoms with van der Waals surface area (Å²) >= 11 is 0. The van der Waals surface area contributed by atoms with E-state index in [0.717, 1.165) is 16.3 Å². The van der Waals surface area contributed by atoms with Gasteiger partial charge in [-0.3, -0.25) is 0 Å². The SMILES string of the molecule is [C-]#[N+]c1ccc(-c2nc3ccc4c(-c5ccc(-c6c(F)c(F)c(F)c(F)c6F)cc5)nc5ccccc5c4c3nc2-c2ccc(C#N)cc2)cc1. The number of pyridine rings is 1. The van der Waals surface area contributed by atoms with Gasteiger partial charge in [-0.2, -0.15) is 5.26 Å². The molecule has 0 bridgehead atoms. The molecule has 10 heteroatoms. The number of halogens is 5. The van der Waals surface area contributed by atoms with Crippen LogP contribution in [0.15, 0.2) is 109 Å². The third kappa shape index (κ3) is 5.09. The summed E-state index contributed by atoms with van der Waals surface area (Å²) in [4.78, 5) is 18.7. The highest BCUT2D eigenvalue weighted by Gasteiger charge is 2.27. The van der Waals surface area contributed by atoms with Gasteiger partial charge >= 0.3 is 0 Å². The molecule has 0 radical (unpaired) electrons. The molecule has 0 unspecified atom stereocenters. The lowest BCUT2D eigenvalue weighted by atomic mass is 9.96. The van der Waals surface area contributed by atoms with Crippen LogP contribution in [0.5, 0.6) is 0 Å². The van der Waals surface area contributed by atoms with Crippen LogP contribution in [0.25, 0.3) is 82.5 Å². The van der Waals surface area contributed by atoms with Crippen LogP contribution in [0.2, 0.25) is 0 Å². The predicted molar refractivity (Wildman–Crippen MR) is 185 cm³/mol. The number of fused-ring (bicyclic) bond motifs is 5. The summed E-state index contributed by atoms with van der Waals surface area (Å²) in [6.45, 7) is 7.35. The van der Waals surface area contributed by atoms with Crippen LogP contribution in [-0.4, -0.2) is 15.0 Å². The highest BCUT2D eigenvalue weighted by molar-refractivity contribution is 6.21. The molecule has 0 N–H and O–H groups in total. The lowest BCUT2D eigenvalue weighted by Gasteiger charge is -2.15. The summed E-state index contributed by atoms with van der Waals surface area (Å²) in [5.41, 5.74) is 5.09. The van der Waals surface area contributed by atoms with Crippen molar-refractivity contribution >= 4 is 38.4 Å². The van der Waals surface area contributed by atoms with Crippen LogP contribution in [0, 0.1) is 47.0 Å². The van der Waals surface area contributed by atoms with Gasteiger partial charge in [-0.15, -0.1) is 0 Å². The number of benzene rings is 6. The van der Waals surface area contributed by atoms with E-state index in [9.17, 15) is 27.2 Å². The summed E-state index contributed by atoms with van der Waals surface area (Å²) in [5, 5.41) is 11.6. The number of hydrogen-bond acceptors (Lipinski definition) is 4. The normalized spacial score (nSPS) is 11.2. The lowest BCUT2D eigenvalue weighted by molar-refractivity contribution is 0.381. The van der Waals surface area contributed by atoms with Gasteiger partial charge in [0.05, 0.1) is 57.4 Å². The van der Waals surface area contributed by atoms with Gasteiger partial charge in [-0.1, -0.05) is 78.9 Å². The fraction of sp³-hybridized carbons (Fsp3) is 0. The number of aromatic nitrogens is 3. The van der Waals surface area contributed by atoms with E-state index in [0.29, 0.717) is 61.4 Å². The van der Waals surface area contributed by atoms with Crippen molar-refractivity contribution in [2.45, 2.75) is 0 Å². The van der Waals surface area contributed by atoms with E-state index in [-0.39, 0.29) is 5.56 Å². The van der Waals surface area contributed by atoms with Gasteiger partial charge in [0.2, 0.25) is 5.82 Å². The molecule has 2 aromatic heterocycles. The molecule has 0 saturated heterocycles. The topological polar surface area (TPSA) is 66.8 Å². The van der Waals surface area contributed by atoms with Crippen LogP contribution in [0.3, 0.4) is 0 Å². The Bertz CT molecular complexity index is 2780. The largest absolute Gasteiger partial charge is 0.247 e. The zero-order chi connectivity index (χ0) is 35.4. The van der Waals surface area contributed by atoms with Gasteiger partial charge in [0.15, 0.2) is 29.0 Å². The molecule has 0 fully saturated rings. The van der Waals surface area contributed by atoms with Crippen molar-refractivity contribution in [1.29, 1.82) is 5.26 Å². The number of para-hydroxylation sites is 1. The molecule has 242 valence electrons. The zero-order valence-electron chi connectivity index (χ0n) is 26.0. The van der Waals surface area contributed by atoms with E-state index in [1.165, 1.54) is 24.3 Å². The van der Waals surface area contributed by atoms with Crippen LogP contribution in [-0.2, 0) is 0 Å². The smallest absolute Gasteiger partial charge is 0.200 e. The number of rotatable bonds is 4. The average molecular weight is 676 g/mol. The number of nitriles is 1. The highest BCUT2D eigenvalue weighted by Crippen LogP contribution is 2.40. The van der Waals surface area contributed by atoms with Gasteiger partial charge < -0.3 is 0 Å². The van der Waals surface area contributed by atoms with Crippen molar-refractivity contribution in [2.75, 3.05) is 0 Å². The summed E-state index contributed by atoms with van der Waals surface area (Å²) in [5.74, 6) is -10.1. The van der Waals surface area contributed by atoms with E-state index in [4.69, 9.17) is 21.5 Å². The molecule has 0 aliphatic heterocycles. The van der Waals surface area contributed by atoms with Gasteiger partial charge in [0, 0.05) is 27.3 Å². The fourth-order valence-electron chi connectivity index (χ4n) is 6.23. The maximum atomic E-state index is 14.6. The molecule has 2 heterocycles. The molecule has 8 aromatic rings. The molecule has 0 aliphatic carbocycles. The number of nitrogens with zero attached hydrogens (tertiary/aromatic N) is 5. The van der Waals surface area contributed by atoms with Crippen LogP contribution >= 0.6 is 0 Å². The van der Waals surface area contributed by atoms with E-state index in [1.807, 2.05) is 48.5 Å². The molecule has 6 aromatic carbocycles. The molecule has 0 atom stereocenters. The maximum Gasteiger partial charge on any atom is 0.200 e. The van der Waals surface area contributed by atoms with Crippen LogP contribution < -0.4 is 0 Å². The lowest BCUT2D eigenvalue weighted by Crippen LogP contribution is -2.04. The Morgan fingerprint density at radius 2 is 1.04 bits per heavy atom. The molecule has 0 spiro atoms. The monoisotopic (exact) mass is 675 g/mol. The van der Waals surface area contributed by atoms with Crippen molar-refractivity contribution in [3.05, 3.63) is 155 Å². The van der Waals surface area contributed by atoms with Crippen molar-refractivity contribution in [3.63, 3.8) is 0 Å². The summed E-state index contributed by atoms with van der Waals surface area (Å²) < 4.78 is 71.0. The molecule has 0 amide bonds. The highest BCUT2D eigenvalue weighted by atomic mass is 19.2. The Balaban J connectivity index is 1.38. The van der Waals surface area contributed by atoms with E-state index >= 15 is 0 Å². The zero-order valence-corrected chi connectivity index (χ0v) is 26.0. The molecule has 51 heavy (non-hydrogen) atoms. The molecular weight excluding hydrogens is 657 g/mol. The Labute approximate surface area is 286 Å². The second kappa shape index (κ2) is 12.1. The first-order valence-corrected chi connectivity index (χ1v) is 15.4. The standard InChI is InChI=1S/C41H18F5N5/c1-48-26-16-14-25(15-17-26)39-40(24-8-6-21(20-47)7-9-24)51-41-30(50-39)19-18-28-32(41)27-4-2-3-5-29(27)49-38(28)23-12-10-22(11-13-23)31-33(42)35(44)37(46)36(45)34(31)43/h2-19H. The number of hydrogen-bond donors (Lipinski definition) is 0. The second-order valence-corrected chi connectivity index (χ2v) is 11.6. The molecule has 5 nitrogen and oxygen atoms in total. The Hall–Kier alpha value is -7.04. The fourth-order valence-corrected chi connectivity index (χ4v) is 6.23. The third-order valence-electron chi connectivity index (χ3n) is 8.71. The summed E-state index contributed by atoms with van der Waals surface area (Å²) in [6.07, 6.45) is 0. The second-order valence-electron chi connectivity index (χ2n) is 11.6. The minimum Gasteiger partial charge on any atom is -0.247 e. The average Bonchev–Trinajstić information content (AvgIpc) is 3.18. The predicted octanol–water partition coefficient (Wildman–Crippen LogP) is 11.1. The minimum atomic E-state index is -2.22. The van der Waals surface area contributed by atoms with Crippen LogP contribution in [0.4, 0.5) is 27.6 Å². The van der Waals surface area contributed by atoms with Crippen molar-refractivity contribution < 1.29 is 22.0 Å². The first-order chi connectivity index (χ1) is 24.8. The summed E-state index contributed by atoms with van der Waals surface area (Å²) in [6, 6.07) is 32.9. The van der Waals surface area contributed by atoms with Crippen molar-refractivity contribution in [3.8, 4) is 51.0 Å². The Morgan fingerprint density at radius 1 is 0.510 bits per heavy atom. The minimum absolute atomic E-state index is 0.197. The Morgan fingerprint density at radius 3 is 1.69 bits per heavy atom. The maximum absolute atomic E-state index is 14.6. The van der Waals surface area contributed by atoms with E-state index in [2.05, 4.69) is 10.9 Å². The van der Waals surface area contributed by atoms with Gasteiger partial charge in [-0.05, 0) is 41.5 Å². The van der Waals surface area contributed by atoms with E-state index in [1.54, 1.807) is 36.4 Å². The van der Waals surface area contributed by atoms with Gasteiger partial charge in [-0.25, -0.2) is 41.7 Å².